The summed E-state index contributed by atoms with van der Waals surface area (Å²) in [6.07, 6.45) is 2.77. The van der Waals surface area contributed by atoms with Crippen molar-refractivity contribution in [1.82, 2.24) is 9.88 Å². The van der Waals surface area contributed by atoms with Gasteiger partial charge in [0.2, 0.25) is 5.91 Å². The van der Waals surface area contributed by atoms with Gasteiger partial charge < -0.3 is 10.1 Å². The predicted molar refractivity (Wildman–Crippen MR) is 127 cm³/mol. The number of aryl methyl sites for hydroxylation is 1. The van der Waals surface area contributed by atoms with Crippen molar-refractivity contribution in [2.24, 2.45) is 5.92 Å². The van der Waals surface area contributed by atoms with E-state index in [2.05, 4.69) is 46.8 Å². The fourth-order valence-electron chi connectivity index (χ4n) is 3.96. The van der Waals surface area contributed by atoms with Crippen LogP contribution in [0.5, 0.6) is 5.75 Å². The van der Waals surface area contributed by atoms with E-state index in [1.54, 1.807) is 18.4 Å². The molecule has 2 aromatic carbocycles. The number of carbonyl (C=O) groups excluding carboxylic acids is 1. The first kappa shape index (κ1) is 21.5. The summed E-state index contributed by atoms with van der Waals surface area (Å²) in [7, 11) is 1.62. The quantitative estimate of drug-likeness (QED) is 0.552. The molecule has 4 rings (SSSR count). The number of amides is 1. The molecular weight excluding hydrogens is 406 g/mol. The zero-order chi connectivity index (χ0) is 21.6. The minimum absolute atomic E-state index is 0.0317. The number of rotatable bonds is 7. The second-order valence-corrected chi connectivity index (χ2v) is 8.79. The lowest BCUT2D eigenvalue weighted by Gasteiger charge is -2.30. The van der Waals surface area contributed by atoms with Crippen LogP contribution in [0.2, 0.25) is 0 Å². The van der Waals surface area contributed by atoms with Gasteiger partial charge in [0.25, 0.3) is 0 Å². The SMILES string of the molecule is CCc1ccc(-c2nc(CN3CCC(C(=O)Nc4ccccc4OC)CC3)cs2)cc1. The van der Waals surface area contributed by atoms with Crippen molar-refractivity contribution in [3.05, 3.63) is 65.2 Å². The highest BCUT2D eigenvalue weighted by Crippen LogP contribution is 2.28. The predicted octanol–water partition coefficient (Wildman–Crippen LogP) is 5.23. The van der Waals surface area contributed by atoms with Crippen LogP contribution in [-0.4, -0.2) is 36.0 Å². The van der Waals surface area contributed by atoms with Gasteiger partial charge in [-0.05, 0) is 50.0 Å². The lowest BCUT2D eigenvalue weighted by Crippen LogP contribution is -2.37. The third-order valence-corrected chi connectivity index (χ3v) is 6.81. The number of nitrogens with one attached hydrogen (secondary N) is 1. The average molecular weight is 436 g/mol. The molecule has 6 heteroatoms. The Bertz CT molecular complexity index is 1010. The van der Waals surface area contributed by atoms with Crippen LogP contribution in [0.1, 0.15) is 31.0 Å². The topological polar surface area (TPSA) is 54.5 Å². The van der Waals surface area contributed by atoms with Gasteiger partial charge in [0, 0.05) is 23.4 Å². The Morgan fingerprint density at radius 3 is 2.61 bits per heavy atom. The van der Waals surface area contributed by atoms with Crippen molar-refractivity contribution >= 4 is 22.9 Å². The van der Waals surface area contributed by atoms with Crippen molar-refractivity contribution in [3.63, 3.8) is 0 Å². The Morgan fingerprint density at radius 1 is 1.16 bits per heavy atom. The molecule has 0 spiro atoms. The standard InChI is InChI=1S/C25H29N3O2S/c1-3-18-8-10-20(11-9-18)25-26-21(17-31-25)16-28-14-12-19(13-15-28)24(29)27-22-6-4-5-7-23(22)30-2/h4-11,17,19H,3,12-16H2,1-2H3,(H,27,29). The van der Waals surface area contributed by atoms with E-state index in [-0.39, 0.29) is 11.8 Å². The van der Waals surface area contributed by atoms with Gasteiger partial charge in [-0.2, -0.15) is 0 Å². The zero-order valence-electron chi connectivity index (χ0n) is 18.1. The van der Waals surface area contributed by atoms with Gasteiger partial charge >= 0.3 is 0 Å². The molecule has 1 fully saturated rings. The molecule has 0 radical (unpaired) electrons. The number of para-hydroxylation sites is 2. The molecule has 0 saturated carbocycles. The van der Waals surface area contributed by atoms with Crippen LogP contribution in [-0.2, 0) is 17.8 Å². The van der Waals surface area contributed by atoms with Crippen LogP contribution in [0.4, 0.5) is 5.69 Å². The maximum Gasteiger partial charge on any atom is 0.227 e. The molecule has 0 unspecified atom stereocenters. The van der Waals surface area contributed by atoms with Crippen molar-refractivity contribution in [2.45, 2.75) is 32.7 Å². The molecule has 1 aliphatic rings. The second-order valence-electron chi connectivity index (χ2n) is 7.93. The van der Waals surface area contributed by atoms with Crippen LogP contribution in [0.25, 0.3) is 10.6 Å². The second kappa shape index (κ2) is 10.1. The summed E-state index contributed by atoms with van der Waals surface area (Å²) in [4.78, 5) is 19.9. The van der Waals surface area contributed by atoms with Crippen LogP contribution in [0, 0.1) is 5.92 Å². The highest BCUT2D eigenvalue weighted by molar-refractivity contribution is 7.13. The minimum Gasteiger partial charge on any atom is -0.495 e. The molecule has 0 aliphatic carbocycles. The molecule has 1 aromatic heterocycles. The zero-order valence-corrected chi connectivity index (χ0v) is 19.0. The van der Waals surface area contributed by atoms with Gasteiger partial charge in [-0.15, -0.1) is 11.3 Å². The molecule has 2 heterocycles. The van der Waals surface area contributed by atoms with Crippen molar-refractivity contribution in [2.75, 3.05) is 25.5 Å². The summed E-state index contributed by atoms with van der Waals surface area (Å²) in [6.45, 7) is 4.82. The monoisotopic (exact) mass is 435 g/mol. The van der Waals surface area contributed by atoms with E-state index in [0.29, 0.717) is 5.75 Å². The summed E-state index contributed by atoms with van der Waals surface area (Å²) < 4.78 is 5.33. The lowest BCUT2D eigenvalue weighted by atomic mass is 9.95. The van der Waals surface area contributed by atoms with E-state index in [1.165, 1.54) is 11.1 Å². The highest BCUT2D eigenvalue weighted by Gasteiger charge is 2.26. The molecule has 5 nitrogen and oxygen atoms in total. The lowest BCUT2D eigenvalue weighted by molar-refractivity contribution is -0.121. The Kier molecular flexibility index (Phi) is 6.99. The van der Waals surface area contributed by atoms with Crippen molar-refractivity contribution in [3.8, 4) is 16.3 Å². The fourth-order valence-corrected chi connectivity index (χ4v) is 4.78. The van der Waals surface area contributed by atoms with E-state index in [1.807, 2.05) is 24.3 Å². The van der Waals surface area contributed by atoms with Crippen molar-refractivity contribution in [1.29, 1.82) is 0 Å². The first-order chi connectivity index (χ1) is 15.2. The third kappa shape index (κ3) is 5.32. The largest absolute Gasteiger partial charge is 0.495 e. The van der Waals surface area contributed by atoms with Crippen molar-refractivity contribution < 1.29 is 9.53 Å². The average Bonchev–Trinajstić information content (AvgIpc) is 3.28. The van der Waals surface area contributed by atoms with Gasteiger partial charge in [0.1, 0.15) is 10.8 Å². The smallest absolute Gasteiger partial charge is 0.227 e. The van der Waals surface area contributed by atoms with E-state index < -0.39 is 0 Å². The van der Waals surface area contributed by atoms with Crippen LogP contribution >= 0.6 is 11.3 Å². The molecule has 162 valence electrons. The number of piperidine rings is 1. The number of methoxy groups -OCH3 is 1. The van der Waals surface area contributed by atoms with E-state index in [0.717, 1.165) is 55.3 Å². The number of ether oxygens (including phenoxy) is 1. The van der Waals surface area contributed by atoms with Gasteiger partial charge in [0.15, 0.2) is 0 Å². The number of anilines is 1. The molecule has 1 amide bonds. The van der Waals surface area contributed by atoms with E-state index in [9.17, 15) is 4.79 Å². The van der Waals surface area contributed by atoms with Gasteiger partial charge in [-0.3, -0.25) is 9.69 Å². The van der Waals surface area contributed by atoms with Crippen LogP contribution in [0.3, 0.4) is 0 Å². The maximum atomic E-state index is 12.7. The summed E-state index contributed by atoms with van der Waals surface area (Å²) in [5.41, 5.74) is 4.37. The molecule has 0 atom stereocenters. The molecular formula is C25H29N3O2S. The van der Waals surface area contributed by atoms with Gasteiger partial charge in [0.05, 0.1) is 18.5 Å². The number of carbonyl (C=O) groups is 1. The molecule has 0 bridgehead atoms. The number of likely N-dealkylation sites (tertiary alicyclic amines) is 1. The molecule has 3 aromatic rings. The van der Waals surface area contributed by atoms with E-state index in [4.69, 9.17) is 9.72 Å². The third-order valence-electron chi connectivity index (χ3n) is 5.87. The first-order valence-electron chi connectivity index (χ1n) is 10.9. The number of thiazole rings is 1. The summed E-state index contributed by atoms with van der Waals surface area (Å²) in [6, 6.07) is 16.2. The maximum absolute atomic E-state index is 12.7. The minimum atomic E-state index is 0.0317. The number of aromatic nitrogens is 1. The summed E-state index contributed by atoms with van der Waals surface area (Å²) in [5.74, 6) is 0.803. The summed E-state index contributed by atoms with van der Waals surface area (Å²) >= 11 is 1.70. The number of benzene rings is 2. The number of nitrogens with zero attached hydrogens (tertiary/aromatic N) is 2. The normalized spacial score (nSPS) is 15.0. The van der Waals surface area contributed by atoms with E-state index >= 15 is 0 Å². The Hall–Kier alpha value is -2.70. The molecule has 31 heavy (non-hydrogen) atoms. The van der Waals surface area contributed by atoms with Crippen LogP contribution in [0.15, 0.2) is 53.9 Å². The van der Waals surface area contributed by atoms with Gasteiger partial charge in [-0.1, -0.05) is 43.3 Å². The fraction of sp³-hybridized carbons (Fsp3) is 0.360. The molecule has 1 aliphatic heterocycles. The van der Waals surface area contributed by atoms with Crippen LogP contribution < -0.4 is 10.1 Å². The number of hydrogen-bond acceptors (Lipinski definition) is 5. The highest BCUT2D eigenvalue weighted by atomic mass is 32.1. The molecule has 1 N–H and O–H groups in total. The summed E-state index contributed by atoms with van der Waals surface area (Å²) in [5, 5.41) is 6.26. The molecule has 1 saturated heterocycles. The Labute approximate surface area is 188 Å². The number of hydrogen-bond donors (Lipinski definition) is 1. The Balaban J connectivity index is 1.29. The van der Waals surface area contributed by atoms with Gasteiger partial charge in [-0.25, -0.2) is 4.98 Å². The first-order valence-corrected chi connectivity index (χ1v) is 11.7. The Morgan fingerprint density at radius 2 is 1.90 bits per heavy atom.